The molecule has 2 heterocycles. The second kappa shape index (κ2) is 4.06. The van der Waals surface area contributed by atoms with Crippen LogP contribution in [0.25, 0.3) is 0 Å². The van der Waals surface area contributed by atoms with Crippen LogP contribution in [0.2, 0.25) is 0 Å². The van der Waals surface area contributed by atoms with E-state index in [9.17, 15) is 14.7 Å². The zero-order chi connectivity index (χ0) is 10.8. The first-order valence-electron chi connectivity index (χ1n) is 5.08. The highest BCUT2D eigenvalue weighted by Gasteiger charge is 2.34. The minimum Gasteiger partial charge on any atom is -0.434 e. The van der Waals surface area contributed by atoms with Crippen molar-refractivity contribution < 1.29 is 19.4 Å². The minimum atomic E-state index is -0.687. The van der Waals surface area contributed by atoms with E-state index in [0.717, 1.165) is 0 Å². The summed E-state index contributed by atoms with van der Waals surface area (Å²) in [6.07, 6.45) is -0.337. The van der Waals surface area contributed by atoms with E-state index < -0.39 is 12.2 Å². The molecule has 84 valence electrons. The predicted octanol–water partition coefficient (Wildman–Crippen LogP) is -0.922. The van der Waals surface area contributed by atoms with Crippen LogP contribution in [0.4, 0.5) is 4.79 Å². The van der Waals surface area contributed by atoms with Crippen molar-refractivity contribution in [2.45, 2.75) is 25.0 Å². The van der Waals surface area contributed by atoms with Crippen LogP contribution in [0.15, 0.2) is 0 Å². The maximum atomic E-state index is 11.8. The summed E-state index contributed by atoms with van der Waals surface area (Å²) in [6.45, 7) is 1.32. The third kappa shape index (κ3) is 2.20. The quantitative estimate of drug-likeness (QED) is 0.591. The Bertz CT molecular complexity index is 273. The molecule has 15 heavy (non-hydrogen) atoms. The Morgan fingerprint density at radius 2 is 2.13 bits per heavy atom. The molecule has 2 fully saturated rings. The Morgan fingerprint density at radius 1 is 1.47 bits per heavy atom. The Hall–Kier alpha value is -1.30. The van der Waals surface area contributed by atoms with Crippen molar-refractivity contribution in [2.75, 3.05) is 19.6 Å². The van der Waals surface area contributed by atoms with Gasteiger partial charge in [-0.25, -0.2) is 4.79 Å². The topological polar surface area (TPSA) is 78.9 Å². The number of alkyl carbamates (subject to hydrolysis) is 1. The van der Waals surface area contributed by atoms with Crippen molar-refractivity contribution in [3.8, 4) is 0 Å². The lowest BCUT2D eigenvalue weighted by Crippen LogP contribution is -2.46. The fourth-order valence-electron chi connectivity index (χ4n) is 1.82. The molecule has 0 bridgehead atoms. The average molecular weight is 214 g/mol. The molecular formula is C9H14N2O4. The average Bonchev–Trinajstić information content (AvgIpc) is 2.65. The Labute approximate surface area is 87.2 Å². The van der Waals surface area contributed by atoms with Gasteiger partial charge in [-0.1, -0.05) is 0 Å². The Morgan fingerprint density at radius 3 is 2.67 bits per heavy atom. The fourth-order valence-corrected chi connectivity index (χ4v) is 1.82. The molecule has 2 rings (SSSR count). The van der Waals surface area contributed by atoms with Crippen LogP contribution in [0.3, 0.4) is 0 Å². The van der Waals surface area contributed by atoms with Crippen molar-refractivity contribution in [1.29, 1.82) is 0 Å². The highest BCUT2D eigenvalue weighted by molar-refractivity contribution is 5.86. The van der Waals surface area contributed by atoms with Crippen LogP contribution >= 0.6 is 0 Å². The van der Waals surface area contributed by atoms with Gasteiger partial charge in [0.25, 0.3) is 5.91 Å². The van der Waals surface area contributed by atoms with Crippen molar-refractivity contribution in [3.63, 3.8) is 0 Å². The number of nitrogens with zero attached hydrogens (tertiary/aromatic N) is 1. The van der Waals surface area contributed by atoms with E-state index >= 15 is 0 Å². The number of piperidine rings is 1. The van der Waals surface area contributed by atoms with Crippen LogP contribution in [0, 0.1) is 0 Å². The minimum absolute atomic E-state index is 0.166. The molecular weight excluding hydrogens is 200 g/mol. The fraction of sp³-hybridized carbons (Fsp3) is 0.778. The number of nitrogens with one attached hydrogen (secondary N) is 1. The van der Waals surface area contributed by atoms with E-state index in [4.69, 9.17) is 4.74 Å². The van der Waals surface area contributed by atoms with Crippen molar-refractivity contribution >= 4 is 12.0 Å². The molecule has 0 saturated carbocycles. The van der Waals surface area contributed by atoms with Crippen molar-refractivity contribution in [3.05, 3.63) is 0 Å². The van der Waals surface area contributed by atoms with Crippen LogP contribution in [-0.4, -0.2) is 53.8 Å². The highest BCUT2D eigenvalue weighted by atomic mass is 16.6. The third-order valence-corrected chi connectivity index (χ3v) is 2.73. The summed E-state index contributed by atoms with van der Waals surface area (Å²) in [5.41, 5.74) is 0. The van der Waals surface area contributed by atoms with Crippen LogP contribution in [0.5, 0.6) is 0 Å². The number of cyclic esters (lactones) is 1. The van der Waals surface area contributed by atoms with Gasteiger partial charge in [0, 0.05) is 13.1 Å². The smallest absolute Gasteiger partial charge is 0.408 e. The van der Waals surface area contributed by atoms with Crippen molar-refractivity contribution in [2.24, 2.45) is 0 Å². The molecule has 2 aliphatic rings. The molecule has 6 heteroatoms. The van der Waals surface area contributed by atoms with E-state index in [1.165, 1.54) is 0 Å². The van der Waals surface area contributed by atoms with E-state index in [2.05, 4.69) is 5.32 Å². The van der Waals surface area contributed by atoms with Crippen LogP contribution < -0.4 is 5.32 Å². The molecule has 0 aromatic carbocycles. The van der Waals surface area contributed by atoms with Gasteiger partial charge in [-0.3, -0.25) is 4.79 Å². The van der Waals surface area contributed by atoms with Gasteiger partial charge in [0.1, 0.15) is 0 Å². The summed E-state index contributed by atoms with van der Waals surface area (Å²) in [4.78, 5) is 24.2. The first-order valence-corrected chi connectivity index (χ1v) is 5.08. The summed E-state index contributed by atoms with van der Waals surface area (Å²) >= 11 is 0. The number of aliphatic hydroxyl groups excluding tert-OH is 1. The number of aliphatic hydroxyl groups is 1. The lowest BCUT2D eigenvalue weighted by atomic mass is 10.1. The normalized spacial score (nSPS) is 27.4. The maximum Gasteiger partial charge on any atom is 0.408 e. The molecule has 2 aliphatic heterocycles. The van der Waals surface area contributed by atoms with Crippen LogP contribution in [0.1, 0.15) is 12.8 Å². The van der Waals surface area contributed by atoms with Gasteiger partial charge >= 0.3 is 6.09 Å². The molecule has 0 unspecified atom stereocenters. The van der Waals surface area contributed by atoms with Gasteiger partial charge in [0.05, 0.1) is 12.6 Å². The van der Waals surface area contributed by atoms with Gasteiger partial charge in [-0.15, -0.1) is 0 Å². The molecule has 0 radical (unpaired) electrons. The number of rotatable bonds is 1. The van der Waals surface area contributed by atoms with Gasteiger partial charge < -0.3 is 20.1 Å². The van der Waals surface area contributed by atoms with Crippen molar-refractivity contribution in [1.82, 2.24) is 10.2 Å². The van der Waals surface area contributed by atoms with E-state index in [-0.39, 0.29) is 18.6 Å². The Balaban J connectivity index is 1.88. The first-order chi connectivity index (χ1) is 7.16. The molecule has 0 aromatic heterocycles. The number of ether oxygens (including phenoxy) is 1. The zero-order valence-electron chi connectivity index (χ0n) is 8.31. The highest BCUT2D eigenvalue weighted by Crippen LogP contribution is 2.13. The van der Waals surface area contributed by atoms with E-state index in [0.29, 0.717) is 25.9 Å². The SMILES string of the molecule is O=C1NC[C@H](C(=O)N2CCC(O)CC2)O1. The summed E-state index contributed by atoms with van der Waals surface area (Å²) in [6, 6.07) is 0. The second-order valence-electron chi connectivity index (χ2n) is 3.83. The second-order valence-corrected chi connectivity index (χ2v) is 3.83. The number of amides is 2. The number of carbonyl (C=O) groups excluding carboxylic acids is 2. The molecule has 2 saturated heterocycles. The first kappa shape index (κ1) is 10.2. The maximum absolute atomic E-state index is 11.8. The molecule has 2 amide bonds. The molecule has 2 N–H and O–H groups in total. The summed E-state index contributed by atoms with van der Waals surface area (Å²) < 4.78 is 4.80. The van der Waals surface area contributed by atoms with Gasteiger partial charge in [0.15, 0.2) is 6.10 Å². The van der Waals surface area contributed by atoms with E-state index in [1.807, 2.05) is 0 Å². The predicted molar refractivity (Wildman–Crippen MR) is 50.1 cm³/mol. The standard InChI is InChI=1S/C9H14N2O4/c12-6-1-3-11(4-2-6)8(13)7-5-10-9(14)15-7/h6-7,12H,1-5H2,(H,10,14)/t7-/m1/s1. The third-order valence-electron chi connectivity index (χ3n) is 2.73. The lowest BCUT2D eigenvalue weighted by molar-refractivity contribution is -0.140. The van der Waals surface area contributed by atoms with E-state index in [1.54, 1.807) is 4.90 Å². The summed E-state index contributed by atoms with van der Waals surface area (Å²) in [5.74, 6) is -0.166. The van der Waals surface area contributed by atoms with Crippen LogP contribution in [-0.2, 0) is 9.53 Å². The number of carbonyl (C=O) groups is 2. The van der Waals surface area contributed by atoms with Gasteiger partial charge in [-0.2, -0.15) is 0 Å². The number of hydrogen-bond acceptors (Lipinski definition) is 4. The van der Waals surface area contributed by atoms with Gasteiger partial charge in [0.2, 0.25) is 0 Å². The largest absolute Gasteiger partial charge is 0.434 e. The summed E-state index contributed by atoms with van der Waals surface area (Å²) in [7, 11) is 0. The Kier molecular flexibility index (Phi) is 2.77. The zero-order valence-corrected chi connectivity index (χ0v) is 8.31. The van der Waals surface area contributed by atoms with Gasteiger partial charge in [-0.05, 0) is 12.8 Å². The number of hydrogen-bond donors (Lipinski definition) is 2. The molecule has 0 aliphatic carbocycles. The summed E-state index contributed by atoms with van der Waals surface area (Å²) in [5, 5.41) is 11.7. The lowest BCUT2D eigenvalue weighted by Gasteiger charge is -2.30. The molecule has 0 aromatic rings. The molecule has 0 spiro atoms. The molecule has 6 nitrogen and oxygen atoms in total. The monoisotopic (exact) mass is 214 g/mol. The number of likely N-dealkylation sites (tertiary alicyclic amines) is 1. The molecule has 1 atom stereocenters.